The van der Waals surface area contributed by atoms with Crippen molar-refractivity contribution in [2.45, 2.75) is 57.7 Å². The topological polar surface area (TPSA) is 69.6 Å². The van der Waals surface area contributed by atoms with E-state index in [2.05, 4.69) is 5.32 Å². The second kappa shape index (κ2) is 7.52. The van der Waals surface area contributed by atoms with Crippen molar-refractivity contribution in [3.8, 4) is 0 Å². The Balaban J connectivity index is 1.60. The molecule has 1 saturated carbocycles. The van der Waals surface area contributed by atoms with E-state index in [4.69, 9.17) is 0 Å². The second-order valence-corrected chi connectivity index (χ2v) is 7.23. The molecule has 1 aromatic rings. The number of carbonyl (C=O) groups is 2. The number of halogens is 1. The van der Waals surface area contributed by atoms with Crippen LogP contribution in [0, 0.1) is 18.7 Å². The monoisotopic (exact) mass is 348 g/mol. The minimum absolute atomic E-state index is 0.0898. The quantitative estimate of drug-likeness (QED) is 0.858. The van der Waals surface area contributed by atoms with E-state index in [0.717, 1.165) is 25.7 Å². The molecule has 2 N–H and O–H groups in total. The third-order valence-corrected chi connectivity index (χ3v) is 5.56. The Bertz CT molecular complexity index is 664. The first kappa shape index (κ1) is 17.9. The van der Waals surface area contributed by atoms with Crippen molar-refractivity contribution in [1.29, 1.82) is 0 Å². The molecule has 2 aliphatic rings. The van der Waals surface area contributed by atoms with Crippen LogP contribution in [0.2, 0.25) is 0 Å². The maximum absolute atomic E-state index is 13.6. The highest BCUT2D eigenvalue weighted by molar-refractivity contribution is 5.80. The zero-order valence-electron chi connectivity index (χ0n) is 14.5. The van der Waals surface area contributed by atoms with Crippen LogP contribution in [0.1, 0.15) is 43.2 Å². The molecule has 1 aliphatic carbocycles. The van der Waals surface area contributed by atoms with Crippen LogP contribution in [-0.2, 0) is 16.1 Å². The lowest BCUT2D eigenvalue weighted by molar-refractivity contribution is -0.143. The number of fused-ring (bicyclic) bond motifs is 1. The molecule has 1 amide bonds. The normalized spacial score (nSPS) is 26.2. The average Bonchev–Trinajstić information content (AvgIpc) is 2.95. The van der Waals surface area contributed by atoms with Crippen LogP contribution < -0.4 is 5.32 Å². The van der Waals surface area contributed by atoms with E-state index in [1.165, 1.54) is 6.07 Å². The molecule has 0 spiro atoms. The molecule has 1 heterocycles. The molecule has 1 saturated heterocycles. The summed E-state index contributed by atoms with van der Waals surface area (Å²) in [4.78, 5) is 25.8. The lowest BCUT2D eigenvalue weighted by Gasteiger charge is -2.32. The highest BCUT2D eigenvalue weighted by atomic mass is 19.1. The number of benzene rings is 1. The van der Waals surface area contributed by atoms with E-state index in [1.54, 1.807) is 19.1 Å². The number of carboxylic acids is 1. The van der Waals surface area contributed by atoms with Gasteiger partial charge in [0.25, 0.3) is 0 Å². The first-order valence-electron chi connectivity index (χ1n) is 8.96. The Morgan fingerprint density at radius 3 is 2.80 bits per heavy atom. The minimum atomic E-state index is -0.845. The summed E-state index contributed by atoms with van der Waals surface area (Å²) in [7, 11) is 0. The molecule has 3 rings (SSSR count). The highest BCUT2D eigenvalue weighted by Crippen LogP contribution is 2.39. The van der Waals surface area contributed by atoms with Crippen LogP contribution in [0.3, 0.4) is 0 Å². The lowest BCUT2D eigenvalue weighted by atomic mass is 9.85. The summed E-state index contributed by atoms with van der Waals surface area (Å²) in [6.45, 7) is 2.03. The molecule has 2 fully saturated rings. The van der Waals surface area contributed by atoms with Crippen molar-refractivity contribution in [1.82, 2.24) is 10.2 Å². The summed E-state index contributed by atoms with van der Waals surface area (Å²) in [5, 5.41) is 12.3. The van der Waals surface area contributed by atoms with Crippen molar-refractivity contribution in [3.05, 3.63) is 35.1 Å². The third kappa shape index (κ3) is 4.00. The van der Waals surface area contributed by atoms with Gasteiger partial charge in [0.1, 0.15) is 11.9 Å². The molecule has 0 bridgehead atoms. The van der Waals surface area contributed by atoms with Crippen LogP contribution in [0.5, 0.6) is 0 Å². The predicted octanol–water partition coefficient (Wildman–Crippen LogP) is 2.47. The molecule has 0 unspecified atom stereocenters. The lowest BCUT2D eigenvalue weighted by Crippen LogP contribution is -2.47. The van der Waals surface area contributed by atoms with E-state index in [9.17, 15) is 19.1 Å². The summed E-state index contributed by atoms with van der Waals surface area (Å²) in [5.41, 5.74) is 1.27. The SMILES string of the molecule is Cc1ccc(CNC(=O)CN2[C@@H]3CCCC[C@H]3C[C@H]2C(=O)O)cc1F. The van der Waals surface area contributed by atoms with E-state index >= 15 is 0 Å². The number of rotatable bonds is 5. The number of carboxylic acid groups (broad SMARTS) is 1. The fraction of sp³-hybridized carbons (Fsp3) is 0.579. The molecule has 0 radical (unpaired) electrons. The van der Waals surface area contributed by atoms with Crippen molar-refractivity contribution in [2.24, 2.45) is 5.92 Å². The molecule has 25 heavy (non-hydrogen) atoms. The van der Waals surface area contributed by atoms with Crippen LogP contribution in [0.25, 0.3) is 0 Å². The molecule has 6 heteroatoms. The summed E-state index contributed by atoms with van der Waals surface area (Å²) in [6, 6.07) is 4.51. The Hall–Kier alpha value is -1.95. The van der Waals surface area contributed by atoms with Crippen molar-refractivity contribution >= 4 is 11.9 Å². The first-order valence-corrected chi connectivity index (χ1v) is 8.96. The first-order chi connectivity index (χ1) is 12.0. The van der Waals surface area contributed by atoms with Crippen molar-refractivity contribution in [2.75, 3.05) is 6.54 Å². The van der Waals surface area contributed by atoms with Crippen LogP contribution >= 0.6 is 0 Å². The molecule has 5 nitrogen and oxygen atoms in total. The number of amides is 1. The van der Waals surface area contributed by atoms with Gasteiger partial charge < -0.3 is 10.4 Å². The van der Waals surface area contributed by atoms with Gasteiger partial charge in [-0.15, -0.1) is 0 Å². The van der Waals surface area contributed by atoms with Crippen molar-refractivity contribution < 1.29 is 19.1 Å². The smallest absolute Gasteiger partial charge is 0.320 e. The van der Waals surface area contributed by atoms with E-state index in [1.807, 2.05) is 4.90 Å². The summed E-state index contributed by atoms with van der Waals surface area (Å²) >= 11 is 0. The van der Waals surface area contributed by atoms with Gasteiger partial charge in [-0.2, -0.15) is 0 Å². The van der Waals surface area contributed by atoms with Gasteiger partial charge in [0.15, 0.2) is 0 Å². The van der Waals surface area contributed by atoms with E-state index in [0.29, 0.717) is 23.5 Å². The maximum atomic E-state index is 13.6. The predicted molar refractivity (Wildman–Crippen MR) is 91.5 cm³/mol. The van der Waals surface area contributed by atoms with Gasteiger partial charge >= 0.3 is 5.97 Å². The van der Waals surface area contributed by atoms with Gasteiger partial charge in [0.2, 0.25) is 5.91 Å². The van der Waals surface area contributed by atoms with Gasteiger partial charge in [-0.05, 0) is 49.3 Å². The molecule has 3 atom stereocenters. The summed E-state index contributed by atoms with van der Waals surface area (Å²) < 4.78 is 13.6. The Morgan fingerprint density at radius 2 is 2.08 bits per heavy atom. The second-order valence-electron chi connectivity index (χ2n) is 7.23. The molecule has 0 aromatic heterocycles. The number of likely N-dealkylation sites (tertiary alicyclic amines) is 1. The average molecular weight is 348 g/mol. The number of aliphatic carboxylic acids is 1. The molecule has 136 valence electrons. The number of aryl methyl sites for hydroxylation is 1. The largest absolute Gasteiger partial charge is 0.480 e. The van der Waals surface area contributed by atoms with Gasteiger partial charge in [0.05, 0.1) is 6.54 Å². The number of hydrogen-bond donors (Lipinski definition) is 2. The minimum Gasteiger partial charge on any atom is -0.480 e. The summed E-state index contributed by atoms with van der Waals surface area (Å²) in [5.74, 6) is -0.961. The van der Waals surface area contributed by atoms with E-state index in [-0.39, 0.29) is 30.9 Å². The number of nitrogens with one attached hydrogen (secondary N) is 1. The number of nitrogens with zero attached hydrogens (tertiary/aromatic N) is 1. The zero-order chi connectivity index (χ0) is 18.0. The number of carbonyl (C=O) groups excluding carboxylic acids is 1. The van der Waals surface area contributed by atoms with Gasteiger partial charge in [0, 0.05) is 12.6 Å². The Morgan fingerprint density at radius 1 is 1.32 bits per heavy atom. The standard InChI is InChI=1S/C19H25FN2O3/c1-12-6-7-13(8-15(12)20)10-21-18(23)11-22-16-5-3-2-4-14(16)9-17(22)19(24)25/h6-8,14,16-17H,2-5,9-11H2,1H3,(H,21,23)(H,24,25)/t14-,16+,17-/m0/s1. The van der Waals surface area contributed by atoms with Crippen LogP contribution in [-0.4, -0.2) is 40.5 Å². The van der Waals surface area contributed by atoms with Crippen molar-refractivity contribution in [3.63, 3.8) is 0 Å². The Kier molecular flexibility index (Phi) is 5.37. The number of hydrogen-bond acceptors (Lipinski definition) is 3. The highest BCUT2D eigenvalue weighted by Gasteiger charge is 2.45. The van der Waals surface area contributed by atoms with E-state index < -0.39 is 12.0 Å². The van der Waals surface area contributed by atoms with Gasteiger partial charge in [-0.1, -0.05) is 25.0 Å². The molecular weight excluding hydrogens is 323 g/mol. The maximum Gasteiger partial charge on any atom is 0.320 e. The fourth-order valence-corrected chi connectivity index (χ4v) is 4.19. The van der Waals surface area contributed by atoms with Gasteiger partial charge in [-0.25, -0.2) is 4.39 Å². The zero-order valence-corrected chi connectivity index (χ0v) is 14.5. The summed E-state index contributed by atoms with van der Waals surface area (Å²) in [6.07, 6.45) is 4.89. The van der Waals surface area contributed by atoms with Crippen LogP contribution in [0.4, 0.5) is 4.39 Å². The molecular formula is C19H25FN2O3. The van der Waals surface area contributed by atoms with Gasteiger partial charge in [-0.3, -0.25) is 14.5 Å². The Labute approximate surface area is 147 Å². The molecule has 1 aromatic carbocycles. The molecule has 1 aliphatic heterocycles. The van der Waals surface area contributed by atoms with Crippen LogP contribution in [0.15, 0.2) is 18.2 Å². The fourth-order valence-electron chi connectivity index (χ4n) is 4.19. The third-order valence-electron chi connectivity index (χ3n) is 5.56.